The molecule has 2 heteroatoms. The Morgan fingerprint density at radius 2 is 1.20 bits per heavy atom. The Balaban J connectivity index is 3.02. The Morgan fingerprint density at radius 3 is 1.20 bits per heavy atom. The van der Waals surface area contributed by atoms with Gasteiger partial charge in [0.25, 0.3) is 0 Å². The summed E-state index contributed by atoms with van der Waals surface area (Å²) in [5, 5.41) is 6.85. The number of hydrogen-bond acceptors (Lipinski definition) is 0. The van der Waals surface area contributed by atoms with Crippen LogP contribution in [0.25, 0.3) is 0 Å². The van der Waals surface area contributed by atoms with Gasteiger partial charge in [0.05, 0.1) is 0 Å². The van der Waals surface area contributed by atoms with Gasteiger partial charge in [-0.1, -0.05) is 0 Å². The van der Waals surface area contributed by atoms with Crippen LogP contribution in [0.3, 0.4) is 0 Å². The maximum atomic E-state index is 3.56. The van der Waals surface area contributed by atoms with Crippen molar-refractivity contribution in [3.63, 3.8) is 0 Å². The molecule has 0 saturated heterocycles. The van der Waals surface area contributed by atoms with Gasteiger partial charge in [0.15, 0.2) is 0 Å². The summed E-state index contributed by atoms with van der Waals surface area (Å²) in [6.45, 7) is 0. The van der Waals surface area contributed by atoms with E-state index in [0.717, 1.165) is 0 Å². The predicted molar refractivity (Wildman–Crippen MR) is 26.5 cm³/mol. The average Bonchev–Trinajstić information content (AvgIpc) is 0.722. The van der Waals surface area contributed by atoms with Crippen molar-refractivity contribution < 1.29 is 14.0 Å². The Morgan fingerprint density at radius 1 is 1.20 bits per heavy atom. The van der Waals surface area contributed by atoms with E-state index >= 15 is 0 Å². The minimum atomic E-state index is -1.13. The van der Waals surface area contributed by atoms with Crippen molar-refractivity contribution in [3.05, 3.63) is 0 Å². The molecule has 0 nitrogen and oxygen atoms in total. The van der Waals surface area contributed by atoms with Gasteiger partial charge in [-0.25, -0.2) is 0 Å². The molecule has 0 spiro atoms. The van der Waals surface area contributed by atoms with Crippen molar-refractivity contribution in [3.8, 4) is 0 Å². The molecular formula is C3H9BrPt. The van der Waals surface area contributed by atoms with Crippen LogP contribution in [0.5, 0.6) is 0 Å². The zero-order chi connectivity index (χ0) is 4.50. The zero-order valence-electron chi connectivity index (χ0n) is 3.69. The molecule has 0 N–H and O–H groups in total. The first-order chi connectivity index (χ1) is 2.00. The normalized spacial score (nSPS) is 15.2. The van der Waals surface area contributed by atoms with Crippen LogP contribution in [0, 0.1) is 0 Å². The van der Waals surface area contributed by atoms with Crippen LogP contribution in [0.15, 0.2) is 0 Å². The Hall–Kier alpha value is 1.17. The van der Waals surface area contributed by atoms with Gasteiger partial charge in [0.2, 0.25) is 0 Å². The maximum absolute atomic E-state index is 3.56. The van der Waals surface area contributed by atoms with E-state index in [1.54, 1.807) is 0 Å². The molecule has 0 atom stereocenters. The Bertz CT molecular complexity index is 22.4. The van der Waals surface area contributed by atoms with E-state index < -0.39 is 14.0 Å². The molecule has 0 bridgehead atoms. The molecule has 0 saturated carbocycles. The second-order valence-electron chi connectivity index (χ2n) is 1.31. The van der Waals surface area contributed by atoms with Crippen molar-refractivity contribution in [1.29, 1.82) is 0 Å². The van der Waals surface area contributed by atoms with Gasteiger partial charge in [-0.3, -0.25) is 0 Å². The SMILES string of the molecule is [CH3][Pt]([CH3])([CH3])[Br]. The summed E-state index contributed by atoms with van der Waals surface area (Å²) in [6, 6.07) is 0. The van der Waals surface area contributed by atoms with Gasteiger partial charge in [-0.15, -0.1) is 0 Å². The molecule has 5 heavy (non-hydrogen) atoms. The summed E-state index contributed by atoms with van der Waals surface area (Å²) in [5.74, 6) is 0. The summed E-state index contributed by atoms with van der Waals surface area (Å²) in [7, 11) is 0. The molecule has 0 aliphatic heterocycles. The molecule has 0 aromatic heterocycles. The van der Waals surface area contributed by atoms with Gasteiger partial charge >= 0.3 is 43.2 Å². The number of rotatable bonds is 0. The van der Waals surface area contributed by atoms with Crippen molar-refractivity contribution in [2.75, 3.05) is 0 Å². The molecule has 0 aliphatic rings. The molecule has 38 valence electrons. The standard InChI is InChI=1S/3CH3.BrH.Pt/h3*1H3;1H;/q;;;;+1/p-1. The quantitative estimate of drug-likeness (QED) is 0.644. The fraction of sp³-hybridized carbons (Fsp3) is 1.00. The third-order valence-corrected chi connectivity index (χ3v) is 0. The van der Waals surface area contributed by atoms with E-state index in [1.165, 1.54) is 0 Å². The number of halogens is 1. The van der Waals surface area contributed by atoms with E-state index in [2.05, 4.69) is 29.2 Å². The van der Waals surface area contributed by atoms with E-state index in [9.17, 15) is 0 Å². The second kappa shape index (κ2) is 1.75. The van der Waals surface area contributed by atoms with Crippen LogP contribution in [0.2, 0.25) is 15.9 Å². The fourth-order valence-corrected chi connectivity index (χ4v) is 0. The molecule has 0 amide bonds. The third kappa shape index (κ3) is 38.0. The van der Waals surface area contributed by atoms with Crippen LogP contribution in [0.1, 0.15) is 0 Å². The van der Waals surface area contributed by atoms with Gasteiger partial charge in [0, 0.05) is 0 Å². The molecule has 0 aliphatic carbocycles. The first-order valence-corrected chi connectivity index (χ1v) is 12.8. The third-order valence-electron chi connectivity index (χ3n) is 0. The Kier molecular flexibility index (Phi) is 2.16. The van der Waals surface area contributed by atoms with E-state index in [4.69, 9.17) is 0 Å². The van der Waals surface area contributed by atoms with E-state index in [0.29, 0.717) is 0 Å². The van der Waals surface area contributed by atoms with Crippen LogP contribution in [-0.4, -0.2) is 0 Å². The molecular weight excluding hydrogens is 311 g/mol. The van der Waals surface area contributed by atoms with Crippen molar-refractivity contribution in [2.24, 2.45) is 0 Å². The van der Waals surface area contributed by atoms with Crippen molar-refractivity contribution >= 4 is 13.3 Å². The number of hydrogen-bond donors (Lipinski definition) is 0. The van der Waals surface area contributed by atoms with Crippen LogP contribution in [0.4, 0.5) is 0 Å². The van der Waals surface area contributed by atoms with Crippen molar-refractivity contribution in [1.82, 2.24) is 0 Å². The van der Waals surface area contributed by atoms with E-state index in [1.807, 2.05) is 0 Å². The summed E-state index contributed by atoms with van der Waals surface area (Å²) in [5.41, 5.74) is 0. The van der Waals surface area contributed by atoms with E-state index in [-0.39, 0.29) is 0 Å². The van der Waals surface area contributed by atoms with Crippen LogP contribution in [-0.2, 0) is 14.0 Å². The molecule has 0 rings (SSSR count). The molecule has 0 aromatic carbocycles. The molecule has 0 aromatic rings. The molecule has 0 heterocycles. The van der Waals surface area contributed by atoms with Crippen LogP contribution < -0.4 is 0 Å². The summed E-state index contributed by atoms with van der Waals surface area (Å²) in [4.78, 5) is 0. The molecule has 0 fully saturated rings. The van der Waals surface area contributed by atoms with Crippen LogP contribution >= 0.6 is 13.3 Å². The summed E-state index contributed by atoms with van der Waals surface area (Å²) < 4.78 is 0. The van der Waals surface area contributed by atoms with Crippen molar-refractivity contribution in [2.45, 2.75) is 15.9 Å². The molecule has 0 unspecified atom stereocenters. The second-order valence-corrected chi connectivity index (χ2v) is 23.0. The first kappa shape index (κ1) is 6.17. The first-order valence-electron chi connectivity index (χ1n) is 1.07. The Labute approximate surface area is 43.3 Å². The topological polar surface area (TPSA) is 0 Å². The average molecular weight is 320 g/mol. The fourth-order valence-electron chi connectivity index (χ4n) is 0. The summed E-state index contributed by atoms with van der Waals surface area (Å²) in [6.07, 6.45) is 0. The van der Waals surface area contributed by atoms with Gasteiger partial charge < -0.3 is 0 Å². The van der Waals surface area contributed by atoms with Gasteiger partial charge in [-0.05, 0) is 0 Å². The zero-order valence-corrected chi connectivity index (χ0v) is 7.55. The minimum absolute atomic E-state index is 1.13. The summed E-state index contributed by atoms with van der Waals surface area (Å²) >= 11 is 2.42. The van der Waals surface area contributed by atoms with Gasteiger partial charge in [0.1, 0.15) is 0 Å². The van der Waals surface area contributed by atoms with Gasteiger partial charge in [-0.2, -0.15) is 0 Å². The monoisotopic (exact) mass is 319 g/mol. The molecule has 0 radical (unpaired) electrons. The predicted octanol–water partition coefficient (Wildman–Crippen LogP) is 2.59.